The molecule has 3 rings (SSSR count). The molecule has 0 saturated carbocycles. The van der Waals surface area contributed by atoms with Gasteiger partial charge in [-0.3, -0.25) is 0 Å². The van der Waals surface area contributed by atoms with Crippen LogP contribution >= 0.6 is 11.8 Å². The maximum Gasteiger partial charge on any atom is 0.241 e. The van der Waals surface area contributed by atoms with Crippen molar-refractivity contribution in [2.24, 2.45) is 0 Å². The molecular formula is C14H17F2NO3S2. The number of thioether (sulfide) groups is 1. The first-order valence-electron chi connectivity index (χ1n) is 7.09. The Kier molecular flexibility index (Phi) is 4.46. The van der Waals surface area contributed by atoms with Crippen LogP contribution in [-0.4, -0.2) is 38.2 Å². The first-order chi connectivity index (χ1) is 10.4. The SMILES string of the molecule is O=S(=O)(N[C@H]1CCO[C@]2(CCSC2)C1)c1cc(F)cc(F)c1. The third-order valence-electron chi connectivity index (χ3n) is 4.03. The van der Waals surface area contributed by atoms with Crippen LogP contribution in [0.15, 0.2) is 23.1 Å². The van der Waals surface area contributed by atoms with Gasteiger partial charge in [-0.2, -0.15) is 11.8 Å². The minimum atomic E-state index is -3.94. The van der Waals surface area contributed by atoms with Gasteiger partial charge in [-0.05, 0) is 37.1 Å². The molecule has 1 N–H and O–H groups in total. The Morgan fingerprint density at radius 1 is 1.27 bits per heavy atom. The lowest BCUT2D eigenvalue weighted by atomic mass is 9.90. The molecule has 1 aromatic carbocycles. The number of sulfonamides is 1. The topological polar surface area (TPSA) is 55.4 Å². The molecule has 4 nitrogen and oxygen atoms in total. The van der Waals surface area contributed by atoms with Crippen molar-refractivity contribution in [2.75, 3.05) is 18.1 Å². The average molecular weight is 349 g/mol. The molecule has 122 valence electrons. The van der Waals surface area contributed by atoms with Crippen molar-refractivity contribution >= 4 is 21.8 Å². The zero-order chi connectivity index (χ0) is 15.8. The minimum Gasteiger partial charge on any atom is -0.374 e. The highest BCUT2D eigenvalue weighted by Crippen LogP contribution is 2.38. The number of nitrogens with one attached hydrogen (secondary N) is 1. The molecule has 2 atom stereocenters. The number of halogens is 2. The summed E-state index contributed by atoms with van der Waals surface area (Å²) in [6.45, 7) is 0.491. The monoisotopic (exact) mass is 349 g/mol. The highest BCUT2D eigenvalue weighted by Gasteiger charge is 2.41. The number of hydrogen-bond donors (Lipinski definition) is 1. The van der Waals surface area contributed by atoms with Crippen LogP contribution in [0.3, 0.4) is 0 Å². The van der Waals surface area contributed by atoms with Gasteiger partial charge in [-0.25, -0.2) is 21.9 Å². The second-order valence-electron chi connectivity index (χ2n) is 5.75. The third-order valence-corrected chi connectivity index (χ3v) is 6.75. The molecule has 8 heteroatoms. The second-order valence-corrected chi connectivity index (χ2v) is 8.57. The Morgan fingerprint density at radius 2 is 2.00 bits per heavy atom. The summed E-state index contributed by atoms with van der Waals surface area (Å²) in [5, 5.41) is 0. The van der Waals surface area contributed by atoms with E-state index in [4.69, 9.17) is 4.74 Å². The van der Waals surface area contributed by atoms with E-state index in [9.17, 15) is 17.2 Å². The third kappa shape index (κ3) is 3.45. The van der Waals surface area contributed by atoms with Crippen LogP contribution in [0, 0.1) is 11.6 Å². The summed E-state index contributed by atoms with van der Waals surface area (Å²) < 4.78 is 59.5. The Hall–Kier alpha value is -0.700. The maximum atomic E-state index is 13.2. The van der Waals surface area contributed by atoms with Gasteiger partial charge in [0.1, 0.15) is 11.6 Å². The summed E-state index contributed by atoms with van der Waals surface area (Å²) >= 11 is 1.80. The van der Waals surface area contributed by atoms with Gasteiger partial charge in [0.25, 0.3) is 0 Å². The van der Waals surface area contributed by atoms with Crippen molar-refractivity contribution < 1.29 is 21.9 Å². The Morgan fingerprint density at radius 3 is 2.64 bits per heavy atom. The molecule has 2 aliphatic heterocycles. The van der Waals surface area contributed by atoms with Crippen LogP contribution in [0.5, 0.6) is 0 Å². The average Bonchev–Trinajstić information content (AvgIpc) is 2.85. The largest absolute Gasteiger partial charge is 0.374 e. The lowest BCUT2D eigenvalue weighted by molar-refractivity contribution is -0.0673. The van der Waals surface area contributed by atoms with Crippen molar-refractivity contribution in [1.29, 1.82) is 0 Å². The van der Waals surface area contributed by atoms with Crippen LogP contribution in [0.2, 0.25) is 0 Å². The van der Waals surface area contributed by atoms with Gasteiger partial charge < -0.3 is 4.74 Å². The van der Waals surface area contributed by atoms with Crippen molar-refractivity contribution in [3.8, 4) is 0 Å². The summed E-state index contributed by atoms with van der Waals surface area (Å²) in [5.41, 5.74) is -0.261. The smallest absolute Gasteiger partial charge is 0.241 e. The number of rotatable bonds is 3. The van der Waals surface area contributed by atoms with Crippen molar-refractivity contribution in [2.45, 2.75) is 35.8 Å². The Balaban J connectivity index is 1.76. The lowest BCUT2D eigenvalue weighted by Crippen LogP contribution is -2.48. The van der Waals surface area contributed by atoms with Gasteiger partial charge in [0, 0.05) is 24.5 Å². The molecule has 1 spiro atoms. The van der Waals surface area contributed by atoms with Gasteiger partial charge in [-0.1, -0.05) is 0 Å². The molecule has 2 aliphatic rings. The van der Waals surface area contributed by atoms with E-state index in [0.717, 1.165) is 30.1 Å². The highest BCUT2D eigenvalue weighted by atomic mass is 32.2. The predicted octanol–water partition coefficient (Wildman–Crippen LogP) is 2.30. The molecule has 1 aromatic rings. The van der Waals surface area contributed by atoms with E-state index in [-0.39, 0.29) is 16.5 Å². The molecule has 2 saturated heterocycles. The standard InChI is InChI=1S/C14H17F2NO3S2/c15-10-5-11(16)7-13(6-10)22(18,19)17-12-1-3-20-14(8-12)2-4-21-9-14/h5-7,12,17H,1-4,8-9H2/t12-,14+/m0/s1. The Bertz CT molecular complexity index is 640. The highest BCUT2D eigenvalue weighted by molar-refractivity contribution is 7.99. The maximum absolute atomic E-state index is 13.2. The van der Waals surface area contributed by atoms with E-state index >= 15 is 0 Å². The van der Waals surface area contributed by atoms with Crippen LogP contribution in [0.4, 0.5) is 8.78 Å². The zero-order valence-electron chi connectivity index (χ0n) is 11.8. The minimum absolute atomic E-state index is 0.261. The van der Waals surface area contributed by atoms with E-state index in [1.54, 1.807) is 11.8 Å². The fraction of sp³-hybridized carbons (Fsp3) is 0.571. The molecule has 0 radical (unpaired) electrons. The first kappa shape index (κ1) is 16.2. The van der Waals surface area contributed by atoms with Crippen molar-refractivity contribution in [3.05, 3.63) is 29.8 Å². The fourth-order valence-electron chi connectivity index (χ4n) is 2.96. The zero-order valence-corrected chi connectivity index (χ0v) is 13.5. The van der Waals surface area contributed by atoms with Crippen LogP contribution in [-0.2, 0) is 14.8 Å². The molecule has 2 heterocycles. The number of ether oxygens (including phenoxy) is 1. The Labute approximate surface area is 132 Å². The van der Waals surface area contributed by atoms with E-state index in [1.807, 2.05) is 0 Å². The predicted molar refractivity (Wildman–Crippen MR) is 80.3 cm³/mol. The van der Waals surface area contributed by atoms with Crippen LogP contribution in [0.25, 0.3) is 0 Å². The molecule has 0 unspecified atom stereocenters. The fourth-order valence-corrected chi connectivity index (χ4v) is 5.65. The summed E-state index contributed by atoms with van der Waals surface area (Å²) in [4.78, 5) is -0.383. The lowest BCUT2D eigenvalue weighted by Gasteiger charge is -2.37. The molecule has 2 fully saturated rings. The molecular weight excluding hydrogens is 332 g/mol. The summed E-state index contributed by atoms with van der Waals surface area (Å²) in [7, 11) is -3.94. The van der Waals surface area contributed by atoms with Crippen LogP contribution in [0.1, 0.15) is 19.3 Å². The van der Waals surface area contributed by atoms with Gasteiger partial charge in [0.05, 0.1) is 10.5 Å². The molecule has 0 bridgehead atoms. The van der Waals surface area contributed by atoms with E-state index in [0.29, 0.717) is 25.5 Å². The molecule has 0 aromatic heterocycles. The van der Waals surface area contributed by atoms with Crippen LogP contribution < -0.4 is 4.72 Å². The summed E-state index contributed by atoms with van der Waals surface area (Å²) in [6, 6.07) is 2.03. The normalized spacial score (nSPS) is 29.1. The number of benzene rings is 1. The number of hydrogen-bond acceptors (Lipinski definition) is 4. The first-order valence-corrected chi connectivity index (χ1v) is 9.73. The van der Waals surface area contributed by atoms with E-state index in [2.05, 4.69) is 4.72 Å². The van der Waals surface area contributed by atoms with E-state index < -0.39 is 21.7 Å². The quantitative estimate of drug-likeness (QED) is 0.910. The van der Waals surface area contributed by atoms with Crippen molar-refractivity contribution in [3.63, 3.8) is 0 Å². The van der Waals surface area contributed by atoms with Gasteiger partial charge in [0.15, 0.2) is 0 Å². The van der Waals surface area contributed by atoms with Gasteiger partial charge in [0.2, 0.25) is 10.0 Å². The van der Waals surface area contributed by atoms with Crippen molar-refractivity contribution in [1.82, 2.24) is 4.72 Å². The van der Waals surface area contributed by atoms with Gasteiger partial charge >= 0.3 is 0 Å². The molecule has 0 amide bonds. The molecule has 22 heavy (non-hydrogen) atoms. The van der Waals surface area contributed by atoms with E-state index in [1.165, 1.54) is 0 Å². The second kappa shape index (κ2) is 6.07. The molecule has 0 aliphatic carbocycles. The summed E-state index contributed by atoms with van der Waals surface area (Å²) in [6.07, 6.45) is 2.06. The van der Waals surface area contributed by atoms with Gasteiger partial charge in [-0.15, -0.1) is 0 Å². The summed E-state index contributed by atoms with van der Waals surface area (Å²) in [5.74, 6) is 0.0565.